The first-order valence-corrected chi connectivity index (χ1v) is 7.06. The first kappa shape index (κ1) is 14.8. The fraction of sp³-hybridized carbons (Fsp3) is 0.533. The number of benzene rings is 1. The van der Waals surface area contributed by atoms with Crippen LogP contribution in [0.15, 0.2) is 18.2 Å². The standard InChI is InChI=1S/C15H23N3O2/c1-11-6-7-14(17-16)13(9-11)15(19)18(2)10-12-5-3-4-8-20-12/h6-7,9,12,17H,3-5,8,10,16H2,1-2H3. The minimum absolute atomic E-state index is 0.0316. The molecule has 1 atom stereocenters. The normalized spacial score (nSPS) is 18.6. The van der Waals surface area contributed by atoms with Crippen LogP contribution in [0.2, 0.25) is 0 Å². The Morgan fingerprint density at radius 3 is 2.95 bits per heavy atom. The maximum atomic E-state index is 12.5. The van der Waals surface area contributed by atoms with E-state index in [4.69, 9.17) is 10.6 Å². The number of aryl methyl sites for hydroxylation is 1. The molecule has 0 spiro atoms. The van der Waals surface area contributed by atoms with Crippen molar-refractivity contribution in [2.45, 2.75) is 32.3 Å². The zero-order valence-corrected chi connectivity index (χ0v) is 12.2. The van der Waals surface area contributed by atoms with E-state index in [-0.39, 0.29) is 12.0 Å². The van der Waals surface area contributed by atoms with E-state index in [2.05, 4.69) is 5.43 Å². The summed E-state index contributed by atoms with van der Waals surface area (Å²) in [5.74, 6) is 5.45. The smallest absolute Gasteiger partial charge is 0.255 e. The molecule has 1 aliphatic rings. The summed E-state index contributed by atoms with van der Waals surface area (Å²) >= 11 is 0. The van der Waals surface area contributed by atoms with Gasteiger partial charge in [0.2, 0.25) is 0 Å². The van der Waals surface area contributed by atoms with Gasteiger partial charge in [-0.2, -0.15) is 0 Å². The van der Waals surface area contributed by atoms with Gasteiger partial charge in [0.25, 0.3) is 5.91 Å². The molecule has 1 aliphatic heterocycles. The predicted octanol–water partition coefficient (Wildman–Crippen LogP) is 1.92. The van der Waals surface area contributed by atoms with Crippen LogP contribution in [-0.4, -0.2) is 37.1 Å². The van der Waals surface area contributed by atoms with Gasteiger partial charge in [0, 0.05) is 20.2 Å². The van der Waals surface area contributed by atoms with E-state index in [1.54, 1.807) is 4.90 Å². The van der Waals surface area contributed by atoms with Crippen molar-refractivity contribution in [3.05, 3.63) is 29.3 Å². The number of carbonyl (C=O) groups is 1. The average molecular weight is 277 g/mol. The number of hydrogen-bond acceptors (Lipinski definition) is 4. The molecule has 20 heavy (non-hydrogen) atoms. The van der Waals surface area contributed by atoms with Crippen LogP contribution < -0.4 is 11.3 Å². The Morgan fingerprint density at radius 2 is 2.30 bits per heavy atom. The minimum atomic E-state index is -0.0316. The number of rotatable bonds is 4. The molecule has 1 fully saturated rings. The lowest BCUT2D eigenvalue weighted by Crippen LogP contribution is -2.37. The maximum absolute atomic E-state index is 12.5. The Bertz CT molecular complexity index is 470. The molecule has 0 bridgehead atoms. The van der Waals surface area contributed by atoms with E-state index in [1.807, 2.05) is 32.2 Å². The molecule has 0 aliphatic carbocycles. The summed E-state index contributed by atoms with van der Waals surface area (Å²) in [6.07, 6.45) is 3.46. The Labute approximate surface area is 120 Å². The fourth-order valence-corrected chi connectivity index (χ4v) is 2.51. The van der Waals surface area contributed by atoms with Gasteiger partial charge in [-0.25, -0.2) is 0 Å². The van der Waals surface area contributed by atoms with Crippen LogP contribution in [0.4, 0.5) is 5.69 Å². The van der Waals surface area contributed by atoms with Gasteiger partial charge in [-0.3, -0.25) is 10.6 Å². The molecule has 5 heteroatoms. The van der Waals surface area contributed by atoms with Crippen molar-refractivity contribution in [3.63, 3.8) is 0 Å². The third-order valence-electron chi connectivity index (χ3n) is 3.66. The number of anilines is 1. The van der Waals surface area contributed by atoms with Gasteiger partial charge in [0.1, 0.15) is 0 Å². The Morgan fingerprint density at radius 1 is 1.50 bits per heavy atom. The lowest BCUT2D eigenvalue weighted by Gasteiger charge is -2.28. The van der Waals surface area contributed by atoms with Gasteiger partial charge >= 0.3 is 0 Å². The summed E-state index contributed by atoms with van der Waals surface area (Å²) in [5, 5.41) is 0. The molecule has 3 N–H and O–H groups in total. The van der Waals surface area contributed by atoms with E-state index >= 15 is 0 Å². The monoisotopic (exact) mass is 277 g/mol. The molecule has 1 unspecified atom stereocenters. The van der Waals surface area contributed by atoms with Crippen molar-refractivity contribution >= 4 is 11.6 Å². The van der Waals surface area contributed by atoms with Crippen molar-refractivity contribution in [1.29, 1.82) is 0 Å². The third kappa shape index (κ3) is 3.49. The van der Waals surface area contributed by atoms with Gasteiger partial charge in [-0.1, -0.05) is 11.6 Å². The summed E-state index contributed by atoms with van der Waals surface area (Å²) in [6.45, 7) is 3.38. The number of hydrogen-bond donors (Lipinski definition) is 2. The second-order valence-electron chi connectivity index (χ2n) is 5.37. The van der Waals surface area contributed by atoms with Crippen LogP contribution in [0, 0.1) is 6.92 Å². The van der Waals surface area contributed by atoms with E-state index < -0.39 is 0 Å². The number of ether oxygens (including phenoxy) is 1. The number of likely N-dealkylation sites (N-methyl/N-ethyl adjacent to an activating group) is 1. The highest BCUT2D eigenvalue weighted by Crippen LogP contribution is 2.19. The van der Waals surface area contributed by atoms with Crippen LogP contribution in [0.1, 0.15) is 35.2 Å². The SMILES string of the molecule is Cc1ccc(NN)c(C(=O)N(C)CC2CCCCO2)c1. The van der Waals surface area contributed by atoms with E-state index in [0.717, 1.165) is 25.0 Å². The highest BCUT2D eigenvalue weighted by molar-refractivity contribution is 5.99. The predicted molar refractivity (Wildman–Crippen MR) is 79.5 cm³/mol. The number of nitrogens with two attached hydrogens (primary N) is 1. The molecule has 0 aromatic heterocycles. The lowest BCUT2D eigenvalue weighted by atomic mass is 10.1. The molecular weight excluding hydrogens is 254 g/mol. The number of nitrogen functional groups attached to an aromatic ring is 1. The first-order chi connectivity index (χ1) is 9.61. The van der Waals surface area contributed by atoms with Crippen LogP contribution in [0.3, 0.4) is 0 Å². The van der Waals surface area contributed by atoms with Crippen molar-refractivity contribution in [2.75, 3.05) is 25.6 Å². The number of nitrogens with one attached hydrogen (secondary N) is 1. The van der Waals surface area contributed by atoms with E-state index in [9.17, 15) is 4.79 Å². The molecule has 1 aromatic rings. The number of carbonyl (C=O) groups excluding carboxylic acids is 1. The maximum Gasteiger partial charge on any atom is 0.255 e. The lowest BCUT2D eigenvalue weighted by molar-refractivity contribution is -0.000172. The highest BCUT2D eigenvalue weighted by Gasteiger charge is 2.21. The number of hydrazine groups is 1. The number of amides is 1. The van der Waals surface area contributed by atoms with Crippen molar-refractivity contribution < 1.29 is 9.53 Å². The number of nitrogens with zero attached hydrogens (tertiary/aromatic N) is 1. The zero-order chi connectivity index (χ0) is 14.5. The van der Waals surface area contributed by atoms with Crippen LogP contribution in [0.25, 0.3) is 0 Å². The van der Waals surface area contributed by atoms with Gasteiger partial charge in [0.05, 0.1) is 17.4 Å². The highest BCUT2D eigenvalue weighted by atomic mass is 16.5. The Kier molecular flexibility index (Phi) is 4.98. The molecule has 5 nitrogen and oxygen atoms in total. The zero-order valence-electron chi connectivity index (χ0n) is 12.2. The Hall–Kier alpha value is -1.59. The molecule has 1 heterocycles. The third-order valence-corrected chi connectivity index (χ3v) is 3.66. The molecule has 2 rings (SSSR count). The van der Waals surface area contributed by atoms with Crippen molar-refractivity contribution in [1.82, 2.24) is 4.90 Å². The molecule has 0 radical (unpaired) electrons. The minimum Gasteiger partial charge on any atom is -0.376 e. The average Bonchev–Trinajstić information content (AvgIpc) is 2.47. The molecule has 1 amide bonds. The van der Waals surface area contributed by atoms with Gasteiger partial charge in [-0.15, -0.1) is 0 Å². The van der Waals surface area contributed by atoms with Gasteiger partial charge in [-0.05, 0) is 38.3 Å². The summed E-state index contributed by atoms with van der Waals surface area (Å²) in [7, 11) is 1.81. The quantitative estimate of drug-likeness (QED) is 0.652. The van der Waals surface area contributed by atoms with Gasteiger partial charge < -0.3 is 15.1 Å². The second kappa shape index (κ2) is 6.72. The Balaban J connectivity index is 2.07. The fourth-order valence-electron chi connectivity index (χ4n) is 2.51. The van der Waals surface area contributed by atoms with Crippen LogP contribution in [-0.2, 0) is 4.74 Å². The largest absolute Gasteiger partial charge is 0.376 e. The second-order valence-corrected chi connectivity index (χ2v) is 5.37. The topological polar surface area (TPSA) is 67.6 Å². The van der Waals surface area contributed by atoms with Crippen molar-refractivity contribution in [3.8, 4) is 0 Å². The van der Waals surface area contributed by atoms with E-state index in [0.29, 0.717) is 17.8 Å². The summed E-state index contributed by atoms with van der Waals surface area (Å²) in [5.41, 5.74) is 4.87. The summed E-state index contributed by atoms with van der Waals surface area (Å²) in [4.78, 5) is 14.2. The van der Waals surface area contributed by atoms with E-state index in [1.165, 1.54) is 6.42 Å². The van der Waals surface area contributed by atoms with Crippen LogP contribution in [0.5, 0.6) is 0 Å². The summed E-state index contributed by atoms with van der Waals surface area (Å²) in [6, 6.07) is 5.61. The summed E-state index contributed by atoms with van der Waals surface area (Å²) < 4.78 is 5.68. The van der Waals surface area contributed by atoms with Gasteiger partial charge in [0.15, 0.2) is 0 Å². The van der Waals surface area contributed by atoms with Crippen molar-refractivity contribution in [2.24, 2.45) is 5.84 Å². The first-order valence-electron chi connectivity index (χ1n) is 7.06. The molecule has 0 saturated carbocycles. The molecular formula is C15H23N3O2. The molecule has 1 aromatic carbocycles. The molecule has 110 valence electrons. The molecule has 1 saturated heterocycles. The van der Waals surface area contributed by atoms with Crippen LogP contribution >= 0.6 is 0 Å².